The highest BCUT2D eigenvalue weighted by Gasteiger charge is 2.78. The number of hydrogen-bond donors (Lipinski definition) is 1. The highest BCUT2D eigenvalue weighted by molar-refractivity contribution is 6.01. The van der Waals surface area contributed by atoms with E-state index in [9.17, 15) is 23.9 Å². The lowest BCUT2D eigenvalue weighted by Gasteiger charge is -2.63. The smallest absolute Gasteiger partial charge is 0.353 e. The maximum absolute atomic E-state index is 17.4. The van der Waals surface area contributed by atoms with Gasteiger partial charge in [0.25, 0.3) is 0 Å². The molecule has 0 aromatic rings. The van der Waals surface area contributed by atoms with E-state index in [2.05, 4.69) is 0 Å². The minimum Gasteiger partial charge on any atom is -0.446 e. The number of rotatable bonds is 5. The van der Waals surface area contributed by atoms with Gasteiger partial charge in [0.15, 0.2) is 11.5 Å². The number of carbonyl (C=O) groups is 3. The number of alkyl halides is 3. The van der Waals surface area contributed by atoms with Crippen LogP contribution >= 0.6 is 0 Å². The van der Waals surface area contributed by atoms with Gasteiger partial charge in [-0.15, -0.1) is 0 Å². The number of hydrogen-bond acceptors (Lipinski definition) is 6. The van der Waals surface area contributed by atoms with Gasteiger partial charge in [0, 0.05) is 29.1 Å². The SMILES string of the molecule is CC1C[C@H]2[C@@H]3C[C@H](F)C4=CC(=O)C=C[C@]4(C)C3(F)[C@@H](O)C[C@]2(C)[C@@]1(OC(=O)CC1CCCC1)C(=O)OCF. The first-order valence-corrected chi connectivity index (χ1v) is 13.8. The monoisotopic (exact) mass is 538 g/mol. The Balaban J connectivity index is 1.57. The van der Waals surface area contributed by atoms with E-state index in [1.165, 1.54) is 19.1 Å². The lowest BCUT2D eigenvalue weighted by molar-refractivity contribution is -0.240. The summed E-state index contributed by atoms with van der Waals surface area (Å²) < 4.78 is 57.3. The predicted molar refractivity (Wildman–Crippen MR) is 131 cm³/mol. The number of aliphatic hydroxyl groups is 1. The van der Waals surface area contributed by atoms with Crippen molar-refractivity contribution in [3.05, 3.63) is 23.8 Å². The summed E-state index contributed by atoms with van der Waals surface area (Å²) in [5.41, 5.74) is -7.20. The molecule has 5 aliphatic rings. The van der Waals surface area contributed by atoms with Crippen molar-refractivity contribution in [3.8, 4) is 0 Å². The van der Waals surface area contributed by atoms with Gasteiger partial charge < -0.3 is 14.6 Å². The molecule has 4 fully saturated rings. The number of allylic oxidation sites excluding steroid dienone is 4. The summed E-state index contributed by atoms with van der Waals surface area (Å²) in [6.07, 6.45) is 3.84. The van der Waals surface area contributed by atoms with Crippen LogP contribution < -0.4 is 0 Å². The molecule has 5 aliphatic carbocycles. The highest BCUT2D eigenvalue weighted by atomic mass is 19.1. The van der Waals surface area contributed by atoms with E-state index in [0.29, 0.717) is 0 Å². The third-order valence-corrected chi connectivity index (χ3v) is 10.9. The number of aliphatic hydroxyl groups excluding tert-OH is 1. The zero-order valence-electron chi connectivity index (χ0n) is 22.2. The standard InChI is InChI=1S/C29H37F3O6/c1-16-10-19-20-13-22(31)21-12-18(33)8-9-26(21,2)28(20,32)23(34)14-27(19,3)29(16,25(36)37-15-30)38-24(35)11-17-6-4-5-7-17/h8-9,12,16-17,19-20,22-23,34H,4-7,10-11,13-15H2,1-3H3/t16?,19-,20-,22-,23-,26-,27-,28?,29-/m0/s1. The summed E-state index contributed by atoms with van der Waals surface area (Å²) in [6.45, 7) is 3.40. The van der Waals surface area contributed by atoms with Crippen LogP contribution in [0.1, 0.15) is 72.1 Å². The molecule has 2 unspecified atom stereocenters. The van der Waals surface area contributed by atoms with Crippen LogP contribution in [0.3, 0.4) is 0 Å². The fourth-order valence-corrected chi connectivity index (χ4v) is 9.05. The molecule has 5 rings (SSSR count). The summed E-state index contributed by atoms with van der Waals surface area (Å²) in [7, 11) is 0. The minimum atomic E-state index is -2.34. The summed E-state index contributed by atoms with van der Waals surface area (Å²) in [4.78, 5) is 38.7. The molecular weight excluding hydrogens is 501 g/mol. The van der Waals surface area contributed by atoms with Crippen LogP contribution in [-0.4, -0.2) is 53.2 Å². The Morgan fingerprint density at radius 2 is 1.84 bits per heavy atom. The second-order valence-corrected chi connectivity index (χ2v) is 12.6. The molecule has 0 aliphatic heterocycles. The molecule has 210 valence electrons. The van der Waals surface area contributed by atoms with Crippen molar-refractivity contribution in [1.82, 2.24) is 0 Å². The van der Waals surface area contributed by atoms with Gasteiger partial charge in [-0.25, -0.2) is 18.0 Å². The summed E-state index contributed by atoms with van der Waals surface area (Å²) in [6, 6.07) is 0. The molecule has 0 saturated heterocycles. The fourth-order valence-electron chi connectivity index (χ4n) is 9.05. The number of carbonyl (C=O) groups excluding carboxylic acids is 3. The normalized spacial score (nSPS) is 46.1. The van der Waals surface area contributed by atoms with Gasteiger partial charge >= 0.3 is 11.9 Å². The zero-order valence-corrected chi connectivity index (χ0v) is 22.2. The van der Waals surface area contributed by atoms with Crippen molar-refractivity contribution in [2.45, 2.75) is 95.7 Å². The number of fused-ring (bicyclic) bond motifs is 5. The van der Waals surface area contributed by atoms with Crippen LogP contribution in [0.15, 0.2) is 23.8 Å². The Morgan fingerprint density at radius 1 is 1.16 bits per heavy atom. The minimum absolute atomic E-state index is 0.00328. The van der Waals surface area contributed by atoms with Crippen LogP contribution in [0.4, 0.5) is 13.2 Å². The number of ketones is 1. The molecule has 0 radical (unpaired) electrons. The Kier molecular flexibility index (Phi) is 6.64. The average molecular weight is 539 g/mol. The molecule has 0 aromatic carbocycles. The first-order chi connectivity index (χ1) is 17.8. The van der Waals surface area contributed by atoms with Crippen LogP contribution in [0.5, 0.6) is 0 Å². The van der Waals surface area contributed by atoms with Crippen molar-refractivity contribution < 1.29 is 42.1 Å². The quantitative estimate of drug-likeness (QED) is 0.502. The van der Waals surface area contributed by atoms with E-state index < -0.39 is 76.7 Å². The first-order valence-electron chi connectivity index (χ1n) is 13.8. The molecule has 4 saturated carbocycles. The van der Waals surface area contributed by atoms with Crippen molar-refractivity contribution >= 4 is 17.7 Å². The van der Waals surface area contributed by atoms with Gasteiger partial charge in [0.05, 0.1) is 6.10 Å². The lowest BCUT2D eigenvalue weighted by atomic mass is 9.44. The third-order valence-electron chi connectivity index (χ3n) is 10.9. The van der Waals surface area contributed by atoms with E-state index in [0.717, 1.165) is 31.8 Å². The van der Waals surface area contributed by atoms with Crippen LogP contribution in [0.2, 0.25) is 0 Å². The number of halogens is 3. The van der Waals surface area contributed by atoms with Gasteiger partial charge in [0.1, 0.15) is 6.17 Å². The summed E-state index contributed by atoms with van der Waals surface area (Å²) >= 11 is 0. The second kappa shape index (κ2) is 9.20. The van der Waals surface area contributed by atoms with Crippen molar-refractivity contribution in [1.29, 1.82) is 0 Å². The van der Waals surface area contributed by atoms with Gasteiger partial charge in [-0.05, 0) is 68.6 Å². The maximum atomic E-state index is 17.4. The molecule has 0 amide bonds. The number of ether oxygens (including phenoxy) is 2. The highest BCUT2D eigenvalue weighted by Crippen LogP contribution is 2.71. The maximum Gasteiger partial charge on any atom is 0.353 e. The van der Waals surface area contributed by atoms with E-state index in [-0.39, 0.29) is 37.2 Å². The van der Waals surface area contributed by atoms with Crippen LogP contribution in [-0.2, 0) is 23.9 Å². The van der Waals surface area contributed by atoms with E-state index in [1.807, 2.05) is 0 Å². The zero-order chi connectivity index (χ0) is 27.7. The molecule has 0 bridgehead atoms. The summed E-state index contributed by atoms with van der Waals surface area (Å²) in [5.74, 6) is -4.39. The van der Waals surface area contributed by atoms with E-state index in [4.69, 9.17) is 9.47 Å². The van der Waals surface area contributed by atoms with Crippen molar-refractivity contribution in [3.63, 3.8) is 0 Å². The van der Waals surface area contributed by atoms with Crippen molar-refractivity contribution in [2.24, 2.45) is 34.5 Å². The van der Waals surface area contributed by atoms with Crippen molar-refractivity contribution in [2.75, 3.05) is 6.86 Å². The van der Waals surface area contributed by atoms with Gasteiger partial charge in [0.2, 0.25) is 12.5 Å². The molecule has 1 N–H and O–H groups in total. The largest absolute Gasteiger partial charge is 0.446 e. The summed E-state index contributed by atoms with van der Waals surface area (Å²) in [5, 5.41) is 11.5. The molecule has 6 nitrogen and oxygen atoms in total. The Bertz CT molecular complexity index is 1080. The van der Waals surface area contributed by atoms with Gasteiger partial charge in [-0.2, -0.15) is 0 Å². The van der Waals surface area contributed by atoms with Gasteiger partial charge in [-0.1, -0.05) is 32.8 Å². The molecule has 0 aromatic heterocycles. The lowest BCUT2D eigenvalue weighted by Crippen LogP contribution is -2.71. The third kappa shape index (κ3) is 3.52. The first kappa shape index (κ1) is 27.4. The van der Waals surface area contributed by atoms with E-state index in [1.54, 1.807) is 13.8 Å². The van der Waals surface area contributed by atoms with Crippen LogP contribution in [0, 0.1) is 34.5 Å². The Morgan fingerprint density at radius 3 is 2.50 bits per heavy atom. The molecule has 9 atom stereocenters. The topological polar surface area (TPSA) is 89.9 Å². The molecular formula is C29H37F3O6. The molecule has 38 heavy (non-hydrogen) atoms. The van der Waals surface area contributed by atoms with Gasteiger partial charge in [-0.3, -0.25) is 9.59 Å². The van der Waals surface area contributed by atoms with Crippen LogP contribution in [0.25, 0.3) is 0 Å². The Labute approximate surface area is 221 Å². The molecule has 9 heteroatoms. The average Bonchev–Trinajstić information content (AvgIpc) is 3.43. The fraction of sp³-hybridized carbons (Fsp3) is 0.759. The predicted octanol–water partition coefficient (Wildman–Crippen LogP) is 4.88. The number of esters is 2. The molecule has 0 spiro atoms. The second-order valence-electron chi connectivity index (χ2n) is 12.6. The molecule has 0 heterocycles. The van der Waals surface area contributed by atoms with E-state index >= 15 is 8.78 Å². The Hall–Kier alpha value is -2.16.